The predicted molar refractivity (Wildman–Crippen MR) is 75.3 cm³/mol. The number of carbonyl (C=O) groups excluding carboxylic acids is 1. The quantitative estimate of drug-likeness (QED) is 0.803. The van der Waals surface area contributed by atoms with Gasteiger partial charge in [-0.05, 0) is 24.8 Å². The van der Waals surface area contributed by atoms with Crippen LogP contribution in [0.1, 0.15) is 25.8 Å². The normalized spacial score (nSPS) is 14.1. The molecule has 2 nitrogen and oxygen atoms in total. The molecule has 94 valence electrons. The summed E-state index contributed by atoms with van der Waals surface area (Å²) in [5.74, 6) is 0.588. The van der Waals surface area contributed by atoms with Gasteiger partial charge in [-0.3, -0.25) is 4.79 Å². The van der Waals surface area contributed by atoms with Crippen LogP contribution in [0, 0.1) is 5.92 Å². The Kier molecular flexibility index (Phi) is 6.27. The molecule has 17 heavy (non-hydrogen) atoms. The maximum Gasteiger partial charge on any atom is 0.220 e. The minimum Gasteiger partial charge on any atom is -0.353 e. The smallest absolute Gasteiger partial charge is 0.220 e. The van der Waals surface area contributed by atoms with E-state index in [9.17, 15) is 4.79 Å². The third-order valence-corrected chi connectivity index (χ3v) is 3.99. The van der Waals surface area contributed by atoms with E-state index >= 15 is 0 Å². The second-order valence-corrected chi connectivity index (χ2v) is 5.12. The number of hydrogen-bond acceptors (Lipinski definition) is 1. The highest BCUT2D eigenvalue weighted by molar-refractivity contribution is 9.09. The van der Waals surface area contributed by atoms with Gasteiger partial charge in [0.25, 0.3) is 0 Å². The Morgan fingerprint density at radius 3 is 2.53 bits per heavy atom. The summed E-state index contributed by atoms with van der Waals surface area (Å²) in [5.41, 5.74) is 1.21. The molecule has 0 aliphatic rings. The molecule has 1 aromatic rings. The van der Waals surface area contributed by atoms with Crippen molar-refractivity contribution < 1.29 is 4.79 Å². The van der Waals surface area contributed by atoms with Crippen molar-refractivity contribution in [3.05, 3.63) is 35.9 Å². The fourth-order valence-electron chi connectivity index (χ4n) is 1.50. The minimum absolute atomic E-state index is 0.133. The standard InChI is InChI=1S/C14H20BrNO/c1-11(10-15)12(2)16-14(17)9-8-13-6-4-3-5-7-13/h3-7,11-12H,8-10H2,1-2H3,(H,16,17). The molecule has 1 rings (SSSR count). The van der Waals surface area contributed by atoms with Crippen LogP contribution in [-0.2, 0) is 11.2 Å². The molecular weight excluding hydrogens is 278 g/mol. The number of carbonyl (C=O) groups is 1. The molecule has 0 aliphatic carbocycles. The highest BCUT2D eigenvalue weighted by atomic mass is 79.9. The lowest BCUT2D eigenvalue weighted by molar-refractivity contribution is -0.121. The molecule has 0 aliphatic heterocycles. The maximum absolute atomic E-state index is 11.7. The minimum atomic E-state index is 0.133. The number of benzene rings is 1. The molecular formula is C14H20BrNO. The van der Waals surface area contributed by atoms with Gasteiger partial charge < -0.3 is 5.32 Å². The number of amides is 1. The van der Waals surface area contributed by atoms with E-state index in [4.69, 9.17) is 0 Å². The first-order valence-electron chi connectivity index (χ1n) is 6.02. The van der Waals surface area contributed by atoms with Crippen molar-refractivity contribution in [2.75, 3.05) is 5.33 Å². The Morgan fingerprint density at radius 2 is 1.94 bits per heavy atom. The average molecular weight is 298 g/mol. The van der Waals surface area contributed by atoms with Crippen LogP contribution >= 0.6 is 15.9 Å². The zero-order valence-electron chi connectivity index (χ0n) is 10.4. The van der Waals surface area contributed by atoms with Crippen molar-refractivity contribution in [1.82, 2.24) is 5.32 Å². The number of halogens is 1. The van der Waals surface area contributed by atoms with Gasteiger partial charge in [-0.2, -0.15) is 0 Å². The molecule has 0 saturated carbocycles. The second-order valence-electron chi connectivity index (χ2n) is 4.47. The molecule has 0 aromatic heterocycles. The zero-order valence-corrected chi connectivity index (χ0v) is 12.0. The molecule has 2 unspecified atom stereocenters. The van der Waals surface area contributed by atoms with Crippen LogP contribution in [0.4, 0.5) is 0 Å². The van der Waals surface area contributed by atoms with Crippen molar-refractivity contribution >= 4 is 21.8 Å². The van der Waals surface area contributed by atoms with Gasteiger partial charge in [-0.25, -0.2) is 0 Å². The summed E-state index contributed by atoms with van der Waals surface area (Å²) in [6.07, 6.45) is 1.37. The summed E-state index contributed by atoms with van der Waals surface area (Å²) in [6, 6.07) is 10.3. The molecule has 0 radical (unpaired) electrons. The SMILES string of the molecule is CC(CBr)C(C)NC(=O)CCc1ccccc1. The third kappa shape index (κ3) is 5.35. The average Bonchev–Trinajstić information content (AvgIpc) is 2.36. The fourth-order valence-corrected chi connectivity index (χ4v) is 2.07. The number of hydrogen-bond donors (Lipinski definition) is 1. The maximum atomic E-state index is 11.7. The van der Waals surface area contributed by atoms with E-state index in [0.717, 1.165) is 11.8 Å². The Labute approximate surface area is 112 Å². The van der Waals surface area contributed by atoms with Crippen molar-refractivity contribution in [2.45, 2.75) is 32.7 Å². The summed E-state index contributed by atoms with van der Waals surface area (Å²) in [7, 11) is 0. The monoisotopic (exact) mass is 297 g/mol. The summed E-state index contributed by atoms with van der Waals surface area (Å²) in [5, 5.41) is 3.94. The van der Waals surface area contributed by atoms with Crippen molar-refractivity contribution in [3.8, 4) is 0 Å². The summed E-state index contributed by atoms with van der Waals surface area (Å²) < 4.78 is 0. The van der Waals surface area contributed by atoms with Gasteiger partial charge in [-0.15, -0.1) is 0 Å². The largest absolute Gasteiger partial charge is 0.353 e. The molecule has 1 amide bonds. The van der Waals surface area contributed by atoms with Crippen molar-refractivity contribution in [2.24, 2.45) is 5.92 Å². The molecule has 1 aromatic carbocycles. The van der Waals surface area contributed by atoms with Gasteiger partial charge in [0.2, 0.25) is 5.91 Å². The van der Waals surface area contributed by atoms with Gasteiger partial charge >= 0.3 is 0 Å². The van der Waals surface area contributed by atoms with Crippen LogP contribution in [0.3, 0.4) is 0 Å². The van der Waals surface area contributed by atoms with E-state index in [1.165, 1.54) is 5.56 Å². The predicted octanol–water partition coefficient (Wildman–Crippen LogP) is 3.15. The molecule has 0 spiro atoms. The van der Waals surface area contributed by atoms with Crippen LogP contribution in [0.2, 0.25) is 0 Å². The molecule has 0 saturated heterocycles. The Morgan fingerprint density at radius 1 is 1.29 bits per heavy atom. The molecule has 1 N–H and O–H groups in total. The number of rotatable bonds is 6. The number of nitrogens with one attached hydrogen (secondary N) is 1. The van der Waals surface area contributed by atoms with Gasteiger partial charge in [0.15, 0.2) is 0 Å². The lowest BCUT2D eigenvalue weighted by atomic mass is 10.1. The van der Waals surface area contributed by atoms with Crippen LogP contribution in [0.5, 0.6) is 0 Å². The highest BCUT2D eigenvalue weighted by Crippen LogP contribution is 2.07. The van der Waals surface area contributed by atoms with Crippen LogP contribution in [0.25, 0.3) is 0 Å². The first kappa shape index (κ1) is 14.2. The third-order valence-electron chi connectivity index (χ3n) is 2.97. The molecule has 0 fully saturated rings. The van der Waals surface area contributed by atoms with Crippen molar-refractivity contribution in [3.63, 3.8) is 0 Å². The fraction of sp³-hybridized carbons (Fsp3) is 0.500. The van der Waals surface area contributed by atoms with Gasteiger partial charge in [0.1, 0.15) is 0 Å². The summed E-state index contributed by atoms with van der Waals surface area (Å²) in [6.45, 7) is 4.17. The highest BCUT2D eigenvalue weighted by Gasteiger charge is 2.13. The van der Waals surface area contributed by atoms with E-state index in [1.54, 1.807) is 0 Å². The molecule has 0 heterocycles. The van der Waals surface area contributed by atoms with E-state index < -0.39 is 0 Å². The van der Waals surface area contributed by atoms with Crippen LogP contribution in [-0.4, -0.2) is 17.3 Å². The molecule has 0 bridgehead atoms. The van der Waals surface area contributed by atoms with E-state index in [1.807, 2.05) is 25.1 Å². The Hall–Kier alpha value is -0.830. The Bertz CT molecular complexity index is 339. The Balaban J connectivity index is 2.31. The van der Waals surface area contributed by atoms with Crippen molar-refractivity contribution in [1.29, 1.82) is 0 Å². The van der Waals surface area contributed by atoms with Gasteiger partial charge in [0, 0.05) is 17.8 Å². The van der Waals surface area contributed by atoms with E-state index in [-0.39, 0.29) is 11.9 Å². The first-order chi connectivity index (χ1) is 8.13. The summed E-state index contributed by atoms with van der Waals surface area (Å²) >= 11 is 3.43. The van der Waals surface area contributed by atoms with Crippen LogP contribution in [0.15, 0.2) is 30.3 Å². The lowest BCUT2D eigenvalue weighted by Gasteiger charge is -2.19. The summed E-state index contributed by atoms with van der Waals surface area (Å²) in [4.78, 5) is 11.7. The molecule has 3 heteroatoms. The first-order valence-corrected chi connectivity index (χ1v) is 7.15. The van der Waals surface area contributed by atoms with E-state index in [2.05, 4.69) is 40.3 Å². The van der Waals surface area contributed by atoms with Gasteiger partial charge in [-0.1, -0.05) is 53.2 Å². The topological polar surface area (TPSA) is 29.1 Å². The second kappa shape index (κ2) is 7.49. The molecule has 2 atom stereocenters. The van der Waals surface area contributed by atoms with Crippen LogP contribution < -0.4 is 5.32 Å². The number of aryl methyl sites for hydroxylation is 1. The van der Waals surface area contributed by atoms with Gasteiger partial charge in [0.05, 0.1) is 0 Å². The van der Waals surface area contributed by atoms with E-state index in [0.29, 0.717) is 12.3 Å². The lowest BCUT2D eigenvalue weighted by Crippen LogP contribution is -2.37. The number of alkyl halides is 1. The zero-order chi connectivity index (χ0) is 12.7.